The standard InChI is InChI=1S/C20H25NO2/c1-4-23-18-13-12-16-10-5-6-11-17(16)19(18)20(22)21-14(2)8-7-9-15(21)3/h5-6,10-15H,4,7-9H2,1-3H3/t14-,15+. The first-order chi connectivity index (χ1) is 11.1. The Morgan fingerprint density at radius 3 is 2.52 bits per heavy atom. The van der Waals surface area contributed by atoms with Gasteiger partial charge in [0.15, 0.2) is 0 Å². The first-order valence-corrected chi connectivity index (χ1v) is 8.60. The molecule has 0 spiro atoms. The first kappa shape index (κ1) is 15.9. The molecule has 3 heteroatoms. The summed E-state index contributed by atoms with van der Waals surface area (Å²) in [5, 5.41) is 2.06. The maximum absolute atomic E-state index is 13.4. The number of amides is 1. The van der Waals surface area contributed by atoms with Crippen molar-refractivity contribution in [2.75, 3.05) is 6.61 Å². The number of ether oxygens (including phenoxy) is 1. The van der Waals surface area contributed by atoms with Crippen LogP contribution in [0.25, 0.3) is 10.8 Å². The van der Waals surface area contributed by atoms with Gasteiger partial charge in [0.25, 0.3) is 5.91 Å². The maximum Gasteiger partial charge on any atom is 0.258 e. The number of fused-ring (bicyclic) bond motifs is 1. The van der Waals surface area contributed by atoms with Crippen LogP contribution in [0, 0.1) is 0 Å². The Bertz CT molecular complexity index is 700. The quantitative estimate of drug-likeness (QED) is 0.826. The lowest BCUT2D eigenvalue weighted by atomic mass is 9.94. The first-order valence-electron chi connectivity index (χ1n) is 8.60. The zero-order valence-corrected chi connectivity index (χ0v) is 14.2. The summed E-state index contributed by atoms with van der Waals surface area (Å²) in [7, 11) is 0. The number of piperidine rings is 1. The third-order valence-electron chi connectivity index (χ3n) is 4.83. The van der Waals surface area contributed by atoms with Crippen LogP contribution in [0.3, 0.4) is 0 Å². The summed E-state index contributed by atoms with van der Waals surface area (Å²) < 4.78 is 5.78. The Hall–Kier alpha value is -2.03. The molecular weight excluding hydrogens is 286 g/mol. The summed E-state index contributed by atoms with van der Waals surface area (Å²) in [6, 6.07) is 12.6. The van der Waals surface area contributed by atoms with Crippen molar-refractivity contribution in [3.8, 4) is 5.75 Å². The fourth-order valence-corrected chi connectivity index (χ4v) is 3.70. The van der Waals surface area contributed by atoms with Gasteiger partial charge in [-0.2, -0.15) is 0 Å². The van der Waals surface area contributed by atoms with E-state index < -0.39 is 0 Å². The predicted molar refractivity (Wildman–Crippen MR) is 94.1 cm³/mol. The monoisotopic (exact) mass is 311 g/mol. The maximum atomic E-state index is 13.4. The van der Waals surface area contributed by atoms with Crippen molar-refractivity contribution in [1.29, 1.82) is 0 Å². The minimum absolute atomic E-state index is 0.102. The summed E-state index contributed by atoms with van der Waals surface area (Å²) in [6.45, 7) is 6.82. The lowest BCUT2D eigenvalue weighted by Crippen LogP contribution is -2.47. The molecule has 23 heavy (non-hydrogen) atoms. The molecule has 1 aliphatic rings. The van der Waals surface area contributed by atoms with Gasteiger partial charge in [-0.05, 0) is 56.9 Å². The molecule has 1 saturated heterocycles. The Morgan fingerprint density at radius 1 is 1.13 bits per heavy atom. The van der Waals surface area contributed by atoms with E-state index in [2.05, 4.69) is 13.8 Å². The summed E-state index contributed by atoms with van der Waals surface area (Å²) in [5.41, 5.74) is 0.713. The molecule has 2 aromatic carbocycles. The van der Waals surface area contributed by atoms with Gasteiger partial charge in [0.1, 0.15) is 5.75 Å². The highest BCUT2D eigenvalue weighted by atomic mass is 16.5. The molecule has 0 saturated carbocycles. The molecule has 2 atom stereocenters. The second-order valence-electron chi connectivity index (χ2n) is 6.43. The molecule has 0 radical (unpaired) electrons. The smallest absolute Gasteiger partial charge is 0.258 e. The van der Waals surface area contributed by atoms with Gasteiger partial charge in [0.05, 0.1) is 12.2 Å². The highest BCUT2D eigenvalue weighted by Crippen LogP contribution is 2.33. The molecule has 3 rings (SSSR count). The highest BCUT2D eigenvalue weighted by molar-refractivity contribution is 6.09. The second kappa shape index (κ2) is 6.61. The molecule has 2 aromatic rings. The third kappa shape index (κ3) is 2.92. The molecule has 122 valence electrons. The fraction of sp³-hybridized carbons (Fsp3) is 0.450. The van der Waals surface area contributed by atoms with E-state index in [4.69, 9.17) is 4.74 Å². The molecule has 0 unspecified atom stereocenters. The van der Waals surface area contributed by atoms with Gasteiger partial charge in [0.2, 0.25) is 0 Å². The molecule has 3 nitrogen and oxygen atoms in total. The average molecular weight is 311 g/mol. The van der Waals surface area contributed by atoms with E-state index in [0.717, 1.165) is 23.6 Å². The van der Waals surface area contributed by atoms with Crippen molar-refractivity contribution in [2.24, 2.45) is 0 Å². The fourth-order valence-electron chi connectivity index (χ4n) is 3.70. The number of benzene rings is 2. The van der Waals surface area contributed by atoms with Crippen molar-refractivity contribution >= 4 is 16.7 Å². The zero-order valence-electron chi connectivity index (χ0n) is 14.2. The summed E-state index contributed by atoms with van der Waals surface area (Å²) in [5.74, 6) is 0.797. The molecule has 0 aromatic heterocycles. The van der Waals surface area contributed by atoms with Crippen molar-refractivity contribution < 1.29 is 9.53 Å². The summed E-state index contributed by atoms with van der Waals surface area (Å²) in [4.78, 5) is 15.4. The van der Waals surface area contributed by atoms with Crippen molar-refractivity contribution in [3.05, 3.63) is 42.0 Å². The van der Waals surface area contributed by atoms with Crippen LogP contribution in [0.1, 0.15) is 50.4 Å². The van der Waals surface area contributed by atoms with E-state index in [0.29, 0.717) is 17.9 Å². The van der Waals surface area contributed by atoms with Crippen LogP contribution in [0.2, 0.25) is 0 Å². The number of likely N-dealkylation sites (tertiary alicyclic amines) is 1. The van der Waals surface area contributed by atoms with E-state index in [1.165, 1.54) is 6.42 Å². The van der Waals surface area contributed by atoms with Gasteiger partial charge in [-0.25, -0.2) is 0 Å². The second-order valence-corrected chi connectivity index (χ2v) is 6.43. The van der Waals surface area contributed by atoms with Crippen molar-refractivity contribution in [3.63, 3.8) is 0 Å². The molecule has 0 N–H and O–H groups in total. The lowest BCUT2D eigenvalue weighted by Gasteiger charge is -2.39. The van der Waals surface area contributed by atoms with Crippen LogP contribution in [0.4, 0.5) is 0 Å². The van der Waals surface area contributed by atoms with Crippen LogP contribution >= 0.6 is 0 Å². The largest absolute Gasteiger partial charge is 0.493 e. The van der Waals surface area contributed by atoms with E-state index in [9.17, 15) is 4.79 Å². The Balaban J connectivity index is 2.12. The SMILES string of the molecule is CCOc1ccc2ccccc2c1C(=O)N1[C@H](C)CCC[C@@H]1C. The van der Waals surface area contributed by atoms with Gasteiger partial charge in [-0.3, -0.25) is 4.79 Å². The van der Waals surface area contributed by atoms with Gasteiger partial charge in [0, 0.05) is 12.1 Å². The van der Waals surface area contributed by atoms with Gasteiger partial charge in [-0.1, -0.05) is 30.3 Å². The number of carbonyl (C=O) groups is 1. The number of hydrogen-bond donors (Lipinski definition) is 0. The van der Waals surface area contributed by atoms with Crippen LogP contribution in [0.15, 0.2) is 36.4 Å². The zero-order chi connectivity index (χ0) is 16.4. The van der Waals surface area contributed by atoms with Crippen molar-refractivity contribution in [1.82, 2.24) is 4.90 Å². The number of hydrogen-bond acceptors (Lipinski definition) is 2. The number of rotatable bonds is 3. The summed E-state index contributed by atoms with van der Waals surface area (Å²) >= 11 is 0. The van der Waals surface area contributed by atoms with Crippen molar-refractivity contribution in [2.45, 2.75) is 52.1 Å². The summed E-state index contributed by atoms with van der Waals surface area (Å²) in [6.07, 6.45) is 3.34. The topological polar surface area (TPSA) is 29.5 Å². The number of carbonyl (C=O) groups excluding carboxylic acids is 1. The molecule has 0 bridgehead atoms. The molecule has 1 aliphatic heterocycles. The van der Waals surface area contributed by atoms with Crippen LogP contribution in [0.5, 0.6) is 5.75 Å². The van der Waals surface area contributed by atoms with E-state index >= 15 is 0 Å². The van der Waals surface area contributed by atoms with E-state index in [-0.39, 0.29) is 18.0 Å². The molecule has 1 heterocycles. The minimum atomic E-state index is 0.102. The van der Waals surface area contributed by atoms with Gasteiger partial charge < -0.3 is 9.64 Å². The normalized spacial score (nSPS) is 21.4. The van der Waals surface area contributed by atoms with Gasteiger partial charge >= 0.3 is 0 Å². The average Bonchev–Trinajstić information content (AvgIpc) is 2.54. The minimum Gasteiger partial charge on any atom is -0.493 e. The third-order valence-corrected chi connectivity index (χ3v) is 4.83. The van der Waals surface area contributed by atoms with Crippen LogP contribution < -0.4 is 4.74 Å². The van der Waals surface area contributed by atoms with Crippen LogP contribution in [-0.4, -0.2) is 29.5 Å². The number of nitrogens with zero attached hydrogens (tertiary/aromatic N) is 1. The van der Waals surface area contributed by atoms with Gasteiger partial charge in [-0.15, -0.1) is 0 Å². The molecular formula is C20H25NO2. The highest BCUT2D eigenvalue weighted by Gasteiger charge is 2.32. The predicted octanol–water partition coefficient (Wildman–Crippen LogP) is 4.64. The lowest BCUT2D eigenvalue weighted by molar-refractivity contribution is 0.0509. The molecule has 1 amide bonds. The van der Waals surface area contributed by atoms with E-state index in [1.807, 2.05) is 48.2 Å². The molecule has 1 fully saturated rings. The Labute approximate surface area is 138 Å². The van der Waals surface area contributed by atoms with E-state index in [1.54, 1.807) is 0 Å². The molecule has 0 aliphatic carbocycles. The Morgan fingerprint density at radius 2 is 1.83 bits per heavy atom. The Kier molecular flexibility index (Phi) is 4.56. The van der Waals surface area contributed by atoms with Crippen LogP contribution in [-0.2, 0) is 0 Å².